The molecule has 0 atom stereocenters. The lowest BCUT2D eigenvalue weighted by Crippen LogP contribution is -2.24. The minimum Gasteiger partial charge on any atom is -0.396 e. The Morgan fingerprint density at radius 1 is 1.24 bits per heavy atom. The molecule has 0 saturated heterocycles. The van der Waals surface area contributed by atoms with E-state index in [0.29, 0.717) is 0 Å². The highest BCUT2D eigenvalue weighted by Crippen LogP contribution is 2.25. The van der Waals surface area contributed by atoms with Crippen LogP contribution >= 0.6 is 0 Å². The van der Waals surface area contributed by atoms with E-state index in [1.807, 2.05) is 13.8 Å². The van der Waals surface area contributed by atoms with Crippen molar-refractivity contribution in [2.75, 3.05) is 6.61 Å². The van der Waals surface area contributed by atoms with Crippen LogP contribution < -0.4 is 5.43 Å². The standard InChI is InChI=1S/C14H23NO2/c1-11-8-13(17)9-12(2)15(11)10-14(3,4)6-5-7-16/h8-9,16H,5-7,10H2,1-4H3. The summed E-state index contributed by atoms with van der Waals surface area (Å²) in [6.45, 7) is 9.45. The Hall–Kier alpha value is -1.09. The maximum Gasteiger partial charge on any atom is 0.182 e. The quantitative estimate of drug-likeness (QED) is 0.853. The largest absolute Gasteiger partial charge is 0.396 e. The molecule has 0 unspecified atom stereocenters. The minimum absolute atomic E-state index is 0.0735. The number of aliphatic hydroxyl groups is 1. The molecule has 1 aromatic heterocycles. The van der Waals surface area contributed by atoms with Gasteiger partial charge in [0.25, 0.3) is 0 Å². The summed E-state index contributed by atoms with van der Waals surface area (Å²) in [6, 6.07) is 3.35. The number of aryl methyl sites for hydroxylation is 2. The first-order chi connectivity index (χ1) is 7.85. The van der Waals surface area contributed by atoms with Crippen LogP contribution in [-0.4, -0.2) is 16.3 Å². The van der Waals surface area contributed by atoms with E-state index in [-0.39, 0.29) is 17.5 Å². The molecular formula is C14H23NO2. The van der Waals surface area contributed by atoms with E-state index in [1.54, 1.807) is 12.1 Å². The minimum atomic E-state index is 0.0735. The second-order valence-corrected chi connectivity index (χ2v) is 5.55. The molecule has 1 N–H and O–H groups in total. The number of aromatic nitrogens is 1. The molecule has 0 aromatic carbocycles. The summed E-state index contributed by atoms with van der Waals surface area (Å²) in [4.78, 5) is 11.4. The molecule has 0 fully saturated rings. The summed E-state index contributed by atoms with van der Waals surface area (Å²) < 4.78 is 2.18. The number of nitrogens with zero attached hydrogens (tertiary/aromatic N) is 1. The van der Waals surface area contributed by atoms with Crippen LogP contribution in [0, 0.1) is 19.3 Å². The average molecular weight is 237 g/mol. The molecule has 0 saturated carbocycles. The zero-order valence-electron chi connectivity index (χ0n) is 11.3. The molecule has 0 radical (unpaired) electrons. The summed E-state index contributed by atoms with van der Waals surface area (Å²) in [5.41, 5.74) is 2.22. The second-order valence-electron chi connectivity index (χ2n) is 5.55. The van der Waals surface area contributed by atoms with Gasteiger partial charge in [0.15, 0.2) is 5.43 Å². The average Bonchev–Trinajstić information content (AvgIpc) is 2.21. The Morgan fingerprint density at radius 3 is 2.24 bits per heavy atom. The summed E-state index contributed by atoms with van der Waals surface area (Å²) in [5, 5.41) is 8.89. The third-order valence-corrected chi connectivity index (χ3v) is 3.15. The van der Waals surface area contributed by atoms with Gasteiger partial charge in [-0.05, 0) is 32.1 Å². The molecule has 0 spiro atoms. The topological polar surface area (TPSA) is 42.2 Å². The van der Waals surface area contributed by atoms with Crippen molar-refractivity contribution in [3.8, 4) is 0 Å². The third-order valence-electron chi connectivity index (χ3n) is 3.15. The smallest absolute Gasteiger partial charge is 0.182 e. The summed E-state index contributed by atoms with van der Waals surface area (Å²) in [5.74, 6) is 0. The van der Waals surface area contributed by atoms with Crippen molar-refractivity contribution in [1.82, 2.24) is 4.57 Å². The molecule has 3 heteroatoms. The van der Waals surface area contributed by atoms with Crippen molar-refractivity contribution in [3.05, 3.63) is 33.7 Å². The van der Waals surface area contributed by atoms with Crippen LogP contribution in [0.1, 0.15) is 38.1 Å². The normalized spacial score (nSPS) is 11.8. The Balaban J connectivity index is 2.91. The molecular weight excluding hydrogens is 214 g/mol. The zero-order chi connectivity index (χ0) is 13.1. The van der Waals surface area contributed by atoms with Gasteiger partial charge in [-0.3, -0.25) is 4.79 Å². The molecule has 1 heterocycles. The van der Waals surface area contributed by atoms with Gasteiger partial charge < -0.3 is 9.67 Å². The number of hydrogen-bond acceptors (Lipinski definition) is 2. The van der Waals surface area contributed by atoms with Gasteiger partial charge in [0.1, 0.15) is 0 Å². The fourth-order valence-electron chi connectivity index (χ4n) is 2.20. The Kier molecular flexibility index (Phi) is 4.52. The van der Waals surface area contributed by atoms with Crippen LogP contribution in [0.5, 0.6) is 0 Å². The first kappa shape index (κ1) is 14.0. The van der Waals surface area contributed by atoms with Gasteiger partial charge in [-0.1, -0.05) is 13.8 Å². The highest BCUT2D eigenvalue weighted by molar-refractivity contribution is 5.12. The Bertz CT molecular complexity index is 406. The van der Waals surface area contributed by atoms with E-state index in [2.05, 4.69) is 18.4 Å². The van der Waals surface area contributed by atoms with Crippen molar-refractivity contribution in [1.29, 1.82) is 0 Å². The van der Waals surface area contributed by atoms with Gasteiger partial charge >= 0.3 is 0 Å². The van der Waals surface area contributed by atoms with Gasteiger partial charge in [0.05, 0.1) is 0 Å². The molecule has 17 heavy (non-hydrogen) atoms. The molecule has 0 aliphatic heterocycles. The van der Waals surface area contributed by atoms with E-state index in [0.717, 1.165) is 30.8 Å². The number of rotatable bonds is 5. The van der Waals surface area contributed by atoms with E-state index in [9.17, 15) is 4.79 Å². The predicted octanol–water partition coefficient (Wildman–Crippen LogP) is 2.26. The lowest BCUT2D eigenvalue weighted by molar-refractivity contribution is 0.220. The first-order valence-corrected chi connectivity index (χ1v) is 6.15. The Morgan fingerprint density at radius 2 is 1.76 bits per heavy atom. The summed E-state index contributed by atoms with van der Waals surface area (Å²) >= 11 is 0. The number of aliphatic hydroxyl groups excluding tert-OH is 1. The zero-order valence-corrected chi connectivity index (χ0v) is 11.3. The fourth-order valence-corrected chi connectivity index (χ4v) is 2.20. The van der Waals surface area contributed by atoms with Crippen LogP contribution in [-0.2, 0) is 6.54 Å². The van der Waals surface area contributed by atoms with Crippen LogP contribution in [0.2, 0.25) is 0 Å². The molecule has 0 aliphatic rings. The molecule has 1 rings (SSSR count). The predicted molar refractivity (Wildman–Crippen MR) is 70.3 cm³/mol. The highest BCUT2D eigenvalue weighted by Gasteiger charge is 2.19. The SMILES string of the molecule is Cc1cc(=O)cc(C)n1CC(C)(C)CCCO. The van der Waals surface area contributed by atoms with Crippen LogP contribution in [0.4, 0.5) is 0 Å². The van der Waals surface area contributed by atoms with Crippen molar-refractivity contribution in [2.24, 2.45) is 5.41 Å². The van der Waals surface area contributed by atoms with E-state index in [1.165, 1.54) is 0 Å². The lowest BCUT2D eigenvalue weighted by atomic mass is 9.87. The highest BCUT2D eigenvalue weighted by atomic mass is 16.2. The van der Waals surface area contributed by atoms with Crippen LogP contribution in [0.3, 0.4) is 0 Å². The molecule has 0 bridgehead atoms. The molecule has 96 valence electrons. The van der Waals surface area contributed by atoms with Gasteiger partial charge in [0.2, 0.25) is 0 Å². The molecule has 0 amide bonds. The molecule has 3 nitrogen and oxygen atoms in total. The van der Waals surface area contributed by atoms with E-state index in [4.69, 9.17) is 5.11 Å². The maximum absolute atomic E-state index is 11.4. The third kappa shape index (κ3) is 4.00. The number of hydrogen-bond donors (Lipinski definition) is 1. The molecule has 1 aromatic rings. The maximum atomic E-state index is 11.4. The molecule has 0 aliphatic carbocycles. The van der Waals surface area contributed by atoms with Crippen molar-refractivity contribution >= 4 is 0 Å². The lowest BCUT2D eigenvalue weighted by Gasteiger charge is -2.28. The fraction of sp³-hybridized carbons (Fsp3) is 0.643. The van der Waals surface area contributed by atoms with Crippen LogP contribution in [0.15, 0.2) is 16.9 Å². The first-order valence-electron chi connectivity index (χ1n) is 6.15. The monoisotopic (exact) mass is 237 g/mol. The van der Waals surface area contributed by atoms with Gasteiger partial charge in [-0.15, -0.1) is 0 Å². The Labute approximate surface area is 103 Å². The van der Waals surface area contributed by atoms with Crippen LogP contribution in [0.25, 0.3) is 0 Å². The van der Waals surface area contributed by atoms with E-state index >= 15 is 0 Å². The summed E-state index contributed by atoms with van der Waals surface area (Å²) in [6.07, 6.45) is 1.81. The summed E-state index contributed by atoms with van der Waals surface area (Å²) in [7, 11) is 0. The number of pyridine rings is 1. The van der Waals surface area contributed by atoms with Crippen molar-refractivity contribution in [2.45, 2.75) is 47.1 Å². The van der Waals surface area contributed by atoms with Crippen molar-refractivity contribution < 1.29 is 5.11 Å². The van der Waals surface area contributed by atoms with Gasteiger partial charge in [0, 0.05) is 36.7 Å². The van der Waals surface area contributed by atoms with Gasteiger partial charge in [-0.2, -0.15) is 0 Å². The van der Waals surface area contributed by atoms with Gasteiger partial charge in [-0.25, -0.2) is 0 Å². The van der Waals surface area contributed by atoms with Crippen molar-refractivity contribution in [3.63, 3.8) is 0 Å². The van der Waals surface area contributed by atoms with E-state index < -0.39 is 0 Å². The second kappa shape index (κ2) is 5.50.